The highest BCUT2D eigenvalue weighted by molar-refractivity contribution is 6.46. The molecular weight excluding hydrogens is 424 g/mol. The van der Waals surface area contributed by atoms with Crippen LogP contribution in [0.3, 0.4) is 0 Å². The Bertz CT molecular complexity index is 1300. The lowest BCUT2D eigenvalue weighted by Crippen LogP contribution is -2.32. The van der Waals surface area contributed by atoms with Gasteiger partial charge in [0.05, 0.1) is 18.4 Å². The topological polar surface area (TPSA) is 58.6 Å². The first-order valence-corrected chi connectivity index (χ1v) is 11.3. The number of ether oxygens (including phenoxy) is 1. The predicted octanol–water partition coefficient (Wildman–Crippen LogP) is 6.01. The molecule has 0 bridgehead atoms. The van der Waals surface area contributed by atoms with Crippen molar-refractivity contribution in [2.45, 2.75) is 40.0 Å². The number of aryl methyl sites for hydroxylation is 2. The van der Waals surface area contributed by atoms with Crippen molar-refractivity contribution in [2.24, 2.45) is 0 Å². The summed E-state index contributed by atoms with van der Waals surface area (Å²) in [6.45, 7) is 10.4. The lowest BCUT2D eigenvalue weighted by molar-refractivity contribution is -0.120. The second-order valence-electron chi connectivity index (χ2n) is 9.62. The maximum absolute atomic E-state index is 13.7. The third-order valence-electron chi connectivity index (χ3n) is 6.23. The zero-order valence-corrected chi connectivity index (χ0v) is 20.5. The molecule has 3 aromatic rings. The van der Waals surface area contributed by atoms with Gasteiger partial charge in [0.25, 0.3) is 11.8 Å². The molecule has 5 heteroatoms. The second kappa shape index (κ2) is 8.82. The highest BCUT2D eigenvalue weighted by Gasteiger charge is 2.41. The van der Waals surface area contributed by atoms with E-state index in [1.807, 2.05) is 62.4 Å². The van der Waals surface area contributed by atoms with E-state index in [2.05, 4.69) is 26.1 Å². The quantitative estimate of drug-likeness (QED) is 0.480. The molecule has 1 N–H and O–H groups in total. The fourth-order valence-electron chi connectivity index (χ4n) is 4.04. The molecule has 5 nitrogen and oxygen atoms in total. The Balaban J connectivity index is 1.82. The van der Waals surface area contributed by atoms with Gasteiger partial charge in [0, 0.05) is 11.3 Å². The molecule has 0 radical (unpaired) electrons. The molecule has 0 saturated carbocycles. The number of para-hydroxylation sites is 1. The molecule has 1 aliphatic rings. The molecule has 2 amide bonds. The number of benzene rings is 3. The number of nitrogens with one attached hydrogen (secondary N) is 1. The minimum Gasteiger partial charge on any atom is -0.496 e. The Morgan fingerprint density at radius 2 is 1.50 bits per heavy atom. The van der Waals surface area contributed by atoms with Crippen LogP contribution < -0.4 is 15.0 Å². The maximum Gasteiger partial charge on any atom is 0.282 e. The molecule has 0 unspecified atom stereocenters. The number of carbonyl (C=O) groups excluding carboxylic acids is 2. The van der Waals surface area contributed by atoms with Crippen LogP contribution >= 0.6 is 0 Å². The van der Waals surface area contributed by atoms with Gasteiger partial charge in [0.1, 0.15) is 11.4 Å². The van der Waals surface area contributed by atoms with Crippen molar-refractivity contribution in [1.29, 1.82) is 0 Å². The third-order valence-corrected chi connectivity index (χ3v) is 6.23. The highest BCUT2D eigenvalue weighted by atomic mass is 16.5. The Hall–Kier alpha value is -3.86. The van der Waals surface area contributed by atoms with Gasteiger partial charge in [-0.05, 0) is 66.3 Å². The van der Waals surface area contributed by atoms with E-state index in [0.717, 1.165) is 16.8 Å². The number of hydrogen-bond acceptors (Lipinski definition) is 4. The lowest BCUT2D eigenvalue weighted by atomic mass is 9.87. The van der Waals surface area contributed by atoms with Gasteiger partial charge in [-0.15, -0.1) is 0 Å². The van der Waals surface area contributed by atoms with E-state index in [-0.39, 0.29) is 17.0 Å². The van der Waals surface area contributed by atoms with E-state index < -0.39 is 5.91 Å². The Labute approximate surface area is 201 Å². The van der Waals surface area contributed by atoms with Crippen LogP contribution in [0.5, 0.6) is 5.75 Å². The Morgan fingerprint density at radius 3 is 2.12 bits per heavy atom. The standard InChI is InChI=1S/C29H30N2O3/c1-18-11-16-22(17-19(18)2)31-27(32)25(23-9-7-8-10-24(23)34-6)26(28(31)33)30-21-14-12-20(13-15-21)29(3,4)5/h7-17,30H,1-6H3. The molecular formula is C29H30N2O3. The van der Waals surface area contributed by atoms with Crippen molar-refractivity contribution in [3.63, 3.8) is 0 Å². The summed E-state index contributed by atoms with van der Waals surface area (Å²) in [6.07, 6.45) is 0. The predicted molar refractivity (Wildman–Crippen MR) is 137 cm³/mol. The summed E-state index contributed by atoms with van der Waals surface area (Å²) in [7, 11) is 1.56. The molecule has 0 aliphatic carbocycles. The minimum atomic E-state index is -0.394. The first-order chi connectivity index (χ1) is 16.1. The highest BCUT2D eigenvalue weighted by Crippen LogP contribution is 2.38. The van der Waals surface area contributed by atoms with Crippen LogP contribution in [0.25, 0.3) is 5.57 Å². The number of anilines is 2. The van der Waals surface area contributed by atoms with Gasteiger partial charge in [0.15, 0.2) is 0 Å². The average Bonchev–Trinajstić information content (AvgIpc) is 3.04. The van der Waals surface area contributed by atoms with E-state index in [0.29, 0.717) is 22.6 Å². The molecule has 4 rings (SSSR count). The number of nitrogens with zero attached hydrogens (tertiary/aromatic N) is 1. The number of amides is 2. The van der Waals surface area contributed by atoms with E-state index in [4.69, 9.17) is 4.74 Å². The number of imide groups is 1. The molecule has 3 aromatic carbocycles. The van der Waals surface area contributed by atoms with Crippen LogP contribution in [0.2, 0.25) is 0 Å². The van der Waals surface area contributed by atoms with E-state index in [1.165, 1.54) is 10.5 Å². The molecule has 0 spiro atoms. The third kappa shape index (κ3) is 4.21. The summed E-state index contributed by atoms with van der Waals surface area (Å²) < 4.78 is 5.52. The molecule has 0 fully saturated rings. The van der Waals surface area contributed by atoms with Crippen molar-refractivity contribution in [3.05, 3.63) is 94.7 Å². The van der Waals surface area contributed by atoms with Crippen molar-refractivity contribution in [3.8, 4) is 5.75 Å². The summed E-state index contributed by atoms with van der Waals surface area (Å²) in [4.78, 5) is 28.6. The number of methoxy groups -OCH3 is 1. The first kappa shape index (κ1) is 23.3. The number of hydrogen-bond donors (Lipinski definition) is 1. The SMILES string of the molecule is COc1ccccc1C1=C(Nc2ccc(C(C)(C)C)cc2)C(=O)N(c2ccc(C)c(C)c2)C1=O. The van der Waals surface area contributed by atoms with Crippen molar-refractivity contribution in [2.75, 3.05) is 17.3 Å². The van der Waals surface area contributed by atoms with Gasteiger partial charge in [-0.1, -0.05) is 57.2 Å². The fraction of sp³-hybridized carbons (Fsp3) is 0.241. The minimum absolute atomic E-state index is 0.0135. The molecule has 1 aliphatic heterocycles. The van der Waals surface area contributed by atoms with E-state index in [9.17, 15) is 9.59 Å². The zero-order valence-electron chi connectivity index (χ0n) is 20.5. The fourth-order valence-corrected chi connectivity index (χ4v) is 4.04. The summed E-state index contributed by atoms with van der Waals surface area (Å²) in [6, 6.07) is 20.8. The van der Waals surface area contributed by atoms with E-state index in [1.54, 1.807) is 25.3 Å². The van der Waals surface area contributed by atoms with Crippen LogP contribution in [0, 0.1) is 13.8 Å². The number of rotatable bonds is 5. The van der Waals surface area contributed by atoms with Gasteiger partial charge < -0.3 is 10.1 Å². The zero-order chi connectivity index (χ0) is 24.6. The lowest BCUT2D eigenvalue weighted by Gasteiger charge is -2.19. The Kier molecular flexibility index (Phi) is 6.05. The molecule has 174 valence electrons. The molecule has 34 heavy (non-hydrogen) atoms. The summed E-state index contributed by atoms with van der Waals surface area (Å²) in [5.41, 5.74) is 5.68. The Morgan fingerprint density at radius 1 is 0.824 bits per heavy atom. The maximum atomic E-state index is 13.7. The van der Waals surface area contributed by atoms with Crippen molar-refractivity contribution >= 4 is 28.8 Å². The van der Waals surface area contributed by atoms with Gasteiger partial charge in [-0.2, -0.15) is 0 Å². The van der Waals surface area contributed by atoms with Crippen molar-refractivity contribution < 1.29 is 14.3 Å². The molecule has 0 aromatic heterocycles. The van der Waals surface area contributed by atoms with E-state index >= 15 is 0 Å². The normalized spacial score (nSPS) is 14.1. The summed E-state index contributed by atoms with van der Waals surface area (Å²) in [5, 5.41) is 3.24. The molecule has 0 saturated heterocycles. The summed E-state index contributed by atoms with van der Waals surface area (Å²) >= 11 is 0. The first-order valence-electron chi connectivity index (χ1n) is 11.3. The van der Waals surface area contributed by atoms with Crippen LogP contribution in [0.15, 0.2) is 72.4 Å². The van der Waals surface area contributed by atoms with Crippen LogP contribution in [-0.4, -0.2) is 18.9 Å². The van der Waals surface area contributed by atoms with Crippen LogP contribution in [-0.2, 0) is 15.0 Å². The average molecular weight is 455 g/mol. The monoisotopic (exact) mass is 454 g/mol. The largest absolute Gasteiger partial charge is 0.496 e. The molecule has 0 atom stereocenters. The van der Waals surface area contributed by atoms with Crippen molar-refractivity contribution in [1.82, 2.24) is 0 Å². The summed E-state index contributed by atoms with van der Waals surface area (Å²) in [5.74, 6) is -0.247. The van der Waals surface area contributed by atoms with Crippen LogP contribution in [0.1, 0.15) is 43.0 Å². The van der Waals surface area contributed by atoms with Gasteiger partial charge in [-0.3, -0.25) is 9.59 Å². The molecule has 1 heterocycles. The van der Waals surface area contributed by atoms with Gasteiger partial charge in [0.2, 0.25) is 0 Å². The number of carbonyl (C=O) groups is 2. The second-order valence-corrected chi connectivity index (χ2v) is 9.62. The van der Waals surface area contributed by atoms with Gasteiger partial charge in [-0.25, -0.2) is 4.90 Å². The smallest absolute Gasteiger partial charge is 0.282 e. The van der Waals surface area contributed by atoms with Gasteiger partial charge >= 0.3 is 0 Å². The van der Waals surface area contributed by atoms with Crippen LogP contribution in [0.4, 0.5) is 11.4 Å².